The highest BCUT2D eigenvalue weighted by Crippen LogP contribution is 2.56. The second-order valence-electron chi connectivity index (χ2n) is 7.05. The van der Waals surface area contributed by atoms with Crippen molar-refractivity contribution in [2.75, 3.05) is 0 Å². The minimum Gasteiger partial charge on any atom is -0.508 e. The minimum atomic E-state index is -1.07. The molecule has 0 fully saturated rings. The first kappa shape index (κ1) is 15.9. The van der Waals surface area contributed by atoms with Crippen molar-refractivity contribution in [2.24, 2.45) is 0 Å². The molecule has 1 unspecified atom stereocenters. The van der Waals surface area contributed by atoms with Gasteiger partial charge in [-0.05, 0) is 42.7 Å². The van der Waals surface area contributed by atoms with Gasteiger partial charge in [-0.25, -0.2) is 4.79 Å². The van der Waals surface area contributed by atoms with Crippen LogP contribution in [-0.2, 0) is 16.8 Å². The fraction of sp³-hybridized carbons (Fsp3) is 0.174. The van der Waals surface area contributed by atoms with Gasteiger partial charge in [-0.3, -0.25) is 0 Å². The van der Waals surface area contributed by atoms with Crippen molar-refractivity contribution >= 4 is 5.97 Å². The van der Waals surface area contributed by atoms with E-state index in [2.05, 4.69) is 0 Å². The highest BCUT2D eigenvalue weighted by Gasteiger charge is 2.54. The second-order valence-corrected chi connectivity index (χ2v) is 7.05. The SMILES string of the molecule is CCc1cccc2c1C(=O)OC21c2ccc(C)cc2Oc2cc(O)ccc21. The summed E-state index contributed by atoms with van der Waals surface area (Å²) >= 11 is 0. The van der Waals surface area contributed by atoms with E-state index in [0.29, 0.717) is 17.1 Å². The number of phenols is 1. The summed E-state index contributed by atoms with van der Waals surface area (Å²) in [4.78, 5) is 13.0. The van der Waals surface area contributed by atoms with Gasteiger partial charge in [-0.2, -0.15) is 0 Å². The van der Waals surface area contributed by atoms with Gasteiger partial charge in [0.2, 0.25) is 0 Å². The third-order valence-corrected chi connectivity index (χ3v) is 5.44. The summed E-state index contributed by atoms with van der Waals surface area (Å²) in [5, 5.41) is 9.96. The summed E-state index contributed by atoms with van der Waals surface area (Å²) in [7, 11) is 0. The zero-order chi connectivity index (χ0) is 18.8. The number of fused-ring (bicyclic) bond motifs is 6. The third kappa shape index (κ3) is 2.01. The number of hydrogen-bond donors (Lipinski definition) is 1. The van der Waals surface area contributed by atoms with Crippen molar-refractivity contribution in [3.8, 4) is 17.2 Å². The van der Waals surface area contributed by atoms with Crippen LogP contribution in [0.25, 0.3) is 0 Å². The molecule has 1 spiro atoms. The number of ether oxygens (including phenoxy) is 2. The first-order valence-corrected chi connectivity index (χ1v) is 9.02. The topological polar surface area (TPSA) is 55.8 Å². The fourth-order valence-electron chi connectivity index (χ4n) is 4.23. The Balaban J connectivity index is 1.91. The zero-order valence-corrected chi connectivity index (χ0v) is 15.1. The lowest BCUT2D eigenvalue weighted by molar-refractivity contribution is 0.0224. The van der Waals surface area contributed by atoms with Crippen LogP contribution in [0.15, 0.2) is 54.6 Å². The van der Waals surface area contributed by atoms with Crippen LogP contribution in [0.4, 0.5) is 0 Å². The van der Waals surface area contributed by atoms with Crippen LogP contribution in [0.5, 0.6) is 17.2 Å². The van der Waals surface area contributed by atoms with Crippen LogP contribution in [0, 0.1) is 6.92 Å². The summed E-state index contributed by atoms with van der Waals surface area (Å²) < 4.78 is 12.2. The van der Waals surface area contributed by atoms with Gasteiger partial charge in [0.15, 0.2) is 5.60 Å². The van der Waals surface area contributed by atoms with Crippen LogP contribution in [-0.4, -0.2) is 11.1 Å². The van der Waals surface area contributed by atoms with Crippen LogP contribution < -0.4 is 4.74 Å². The van der Waals surface area contributed by atoms with Crippen molar-refractivity contribution in [1.29, 1.82) is 0 Å². The van der Waals surface area contributed by atoms with Crippen LogP contribution in [0.1, 0.15) is 45.1 Å². The monoisotopic (exact) mass is 358 g/mol. The molecular weight excluding hydrogens is 340 g/mol. The van der Waals surface area contributed by atoms with Crippen LogP contribution in [0.2, 0.25) is 0 Å². The molecule has 0 bridgehead atoms. The number of hydrogen-bond acceptors (Lipinski definition) is 4. The quantitative estimate of drug-likeness (QED) is 0.633. The average molecular weight is 358 g/mol. The standard InChI is InChI=1S/C23H18O4/c1-3-14-5-4-6-18-21(14)22(25)27-23(18)16-9-7-13(2)11-19(16)26-20-12-15(24)8-10-17(20)23/h4-12,24H,3H2,1-2H3. The molecule has 3 aromatic carbocycles. The van der Waals surface area contributed by atoms with Gasteiger partial charge in [-0.15, -0.1) is 0 Å². The Labute approximate surface area is 157 Å². The summed E-state index contributed by atoms with van der Waals surface area (Å²) in [5.74, 6) is 0.910. The summed E-state index contributed by atoms with van der Waals surface area (Å²) in [6, 6.07) is 16.7. The number of carbonyl (C=O) groups excluding carboxylic acids is 1. The maximum atomic E-state index is 13.0. The lowest BCUT2D eigenvalue weighted by atomic mass is 9.76. The summed E-state index contributed by atoms with van der Waals surface area (Å²) in [5.41, 5.74) is 3.92. The van der Waals surface area contributed by atoms with Crippen molar-refractivity contribution < 1.29 is 19.4 Å². The number of carbonyl (C=O) groups is 1. The first-order valence-electron chi connectivity index (χ1n) is 9.02. The van der Waals surface area contributed by atoms with E-state index in [1.807, 2.05) is 50.2 Å². The smallest absolute Gasteiger partial charge is 0.340 e. The number of phenolic OH excluding ortho intramolecular Hbond substituents is 1. The molecule has 27 heavy (non-hydrogen) atoms. The molecule has 2 heterocycles. The number of esters is 1. The Kier molecular flexibility index (Phi) is 3.17. The Morgan fingerprint density at radius 1 is 0.963 bits per heavy atom. The van der Waals surface area contributed by atoms with Crippen molar-refractivity contribution in [1.82, 2.24) is 0 Å². The predicted octanol–water partition coefficient (Wildman–Crippen LogP) is 4.83. The minimum absolute atomic E-state index is 0.104. The Morgan fingerprint density at radius 3 is 2.48 bits per heavy atom. The van der Waals surface area contributed by atoms with E-state index in [1.54, 1.807) is 18.2 Å². The van der Waals surface area contributed by atoms with Gasteiger partial charge in [0.25, 0.3) is 0 Å². The van der Waals surface area contributed by atoms with Crippen LogP contribution >= 0.6 is 0 Å². The summed E-state index contributed by atoms with van der Waals surface area (Å²) in [6.45, 7) is 4.01. The van der Waals surface area contributed by atoms with Crippen molar-refractivity contribution in [3.05, 3.63) is 88.0 Å². The molecule has 0 amide bonds. The molecule has 5 rings (SSSR count). The van der Waals surface area contributed by atoms with E-state index in [4.69, 9.17) is 9.47 Å². The van der Waals surface area contributed by atoms with E-state index < -0.39 is 5.60 Å². The molecular formula is C23H18O4. The number of aryl methyl sites for hydroxylation is 2. The predicted molar refractivity (Wildman–Crippen MR) is 100 cm³/mol. The molecule has 0 aromatic heterocycles. The number of aromatic hydroxyl groups is 1. The Hall–Kier alpha value is -3.27. The zero-order valence-electron chi connectivity index (χ0n) is 15.1. The highest BCUT2D eigenvalue weighted by atomic mass is 16.6. The van der Waals surface area contributed by atoms with E-state index in [9.17, 15) is 9.90 Å². The third-order valence-electron chi connectivity index (χ3n) is 5.44. The molecule has 1 atom stereocenters. The second kappa shape index (κ2) is 5.36. The number of benzene rings is 3. The van der Waals surface area contributed by atoms with E-state index in [-0.39, 0.29) is 11.7 Å². The van der Waals surface area contributed by atoms with E-state index in [0.717, 1.165) is 34.2 Å². The lowest BCUT2D eigenvalue weighted by Gasteiger charge is -2.36. The van der Waals surface area contributed by atoms with Gasteiger partial charge in [0.1, 0.15) is 17.2 Å². The molecule has 1 N–H and O–H groups in total. The molecule has 0 radical (unpaired) electrons. The Morgan fingerprint density at radius 2 is 1.70 bits per heavy atom. The van der Waals surface area contributed by atoms with Gasteiger partial charge < -0.3 is 14.6 Å². The van der Waals surface area contributed by atoms with Crippen molar-refractivity contribution in [3.63, 3.8) is 0 Å². The summed E-state index contributed by atoms with van der Waals surface area (Å²) in [6.07, 6.45) is 0.744. The molecule has 2 aliphatic rings. The maximum absolute atomic E-state index is 13.0. The molecule has 2 aliphatic heterocycles. The molecule has 4 heteroatoms. The average Bonchev–Trinajstić information content (AvgIpc) is 2.95. The molecule has 0 saturated carbocycles. The van der Waals surface area contributed by atoms with E-state index in [1.165, 1.54) is 0 Å². The number of rotatable bonds is 1. The Bertz CT molecular complexity index is 1060. The van der Waals surface area contributed by atoms with Crippen LogP contribution in [0.3, 0.4) is 0 Å². The van der Waals surface area contributed by atoms with Gasteiger partial charge >= 0.3 is 5.97 Å². The lowest BCUT2D eigenvalue weighted by Crippen LogP contribution is -2.33. The fourth-order valence-corrected chi connectivity index (χ4v) is 4.23. The molecule has 0 saturated heterocycles. The molecule has 0 aliphatic carbocycles. The van der Waals surface area contributed by atoms with Crippen molar-refractivity contribution in [2.45, 2.75) is 25.9 Å². The maximum Gasteiger partial charge on any atom is 0.340 e. The van der Waals surface area contributed by atoms with Gasteiger partial charge in [-0.1, -0.05) is 37.3 Å². The van der Waals surface area contributed by atoms with Gasteiger partial charge in [0.05, 0.1) is 5.56 Å². The van der Waals surface area contributed by atoms with E-state index >= 15 is 0 Å². The normalized spacial score (nSPS) is 19.1. The first-order chi connectivity index (χ1) is 13.0. The highest BCUT2D eigenvalue weighted by molar-refractivity contribution is 5.98. The molecule has 3 aromatic rings. The molecule has 134 valence electrons. The molecule has 4 nitrogen and oxygen atoms in total. The largest absolute Gasteiger partial charge is 0.508 e. The van der Waals surface area contributed by atoms with Gasteiger partial charge in [0, 0.05) is 22.8 Å².